The van der Waals surface area contributed by atoms with Crippen LogP contribution < -0.4 is 5.32 Å². The fourth-order valence-corrected chi connectivity index (χ4v) is 3.58. The molecular formula is C10H14N2O2S2. The molecule has 0 unspecified atom stereocenters. The van der Waals surface area contributed by atoms with E-state index in [2.05, 4.69) is 5.32 Å². The molecule has 4 nitrogen and oxygen atoms in total. The van der Waals surface area contributed by atoms with Crippen LogP contribution in [-0.2, 0) is 6.54 Å². The van der Waals surface area contributed by atoms with E-state index in [0.717, 1.165) is 11.4 Å². The van der Waals surface area contributed by atoms with Gasteiger partial charge in [0.05, 0.1) is 4.92 Å². The third kappa shape index (κ3) is 3.20. The maximum Gasteiger partial charge on any atom is 0.324 e. The Hall–Kier alpha value is -0.590. The number of hydrogen-bond acceptors (Lipinski definition) is 5. The Labute approximate surface area is 103 Å². The third-order valence-corrected chi connectivity index (χ3v) is 4.70. The Kier molecular flexibility index (Phi) is 4.20. The lowest BCUT2D eigenvalue weighted by atomic mass is 10.1. The van der Waals surface area contributed by atoms with Gasteiger partial charge in [-0.3, -0.25) is 10.1 Å². The molecule has 0 aromatic carbocycles. The minimum Gasteiger partial charge on any atom is -0.309 e. The van der Waals surface area contributed by atoms with Gasteiger partial charge in [0.25, 0.3) is 0 Å². The summed E-state index contributed by atoms with van der Waals surface area (Å²) in [6, 6.07) is 4.01. The van der Waals surface area contributed by atoms with E-state index in [1.165, 1.54) is 35.7 Å². The highest BCUT2D eigenvalue weighted by Gasteiger charge is 2.14. The summed E-state index contributed by atoms with van der Waals surface area (Å²) >= 11 is 3.26. The molecule has 16 heavy (non-hydrogen) atoms. The van der Waals surface area contributed by atoms with Gasteiger partial charge < -0.3 is 5.32 Å². The van der Waals surface area contributed by atoms with Crippen molar-refractivity contribution in [1.82, 2.24) is 5.32 Å². The second-order valence-electron chi connectivity index (χ2n) is 3.76. The smallest absolute Gasteiger partial charge is 0.309 e. The molecular weight excluding hydrogens is 244 g/mol. The van der Waals surface area contributed by atoms with Crippen molar-refractivity contribution < 1.29 is 4.92 Å². The quantitative estimate of drug-likeness (QED) is 0.666. The number of nitrogens with zero attached hydrogens (tertiary/aromatic N) is 1. The second-order valence-corrected chi connectivity index (χ2v) is 6.14. The molecule has 0 aliphatic carbocycles. The summed E-state index contributed by atoms with van der Waals surface area (Å²) in [4.78, 5) is 11.2. The molecule has 1 aliphatic heterocycles. The monoisotopic (exact) mass is 258 g/mol. The van der Waals surface area contributed by atoms with Crippen molar-refractivity contribution in [2.75, 3.05) is 11.5 Å². The molecule has 1 aromatic heterocycles. The van der Waals surface area contributed by atoms with Gasteiger partial charge >= 0.3 is 5.00 Å². The first-order valence-electron chi connectivity index (χ1n) is 5.30. The minimum absolute atomic E-state index is 0.232. The fraction of sp³-hybridized carbons (Fsp3) is 0.600. The van der Waals surface area contributed by atoms with E-state index in [-0.39, 0.29) is 9.92 Å². The van der Waals surface area contributed by atoms with Crippen molar-refractivity contribution in [3.05, 3.63) is 27.1 Å². The van der Waals surface area contributed by atoms with Crippen LogP contribution in [0.4, 0.5) is 5.00 Å². The van der Waals surface area contributed by atoms with Crippen molar-refractivity contribution in [2.24, 2.45) is 0 Å². The Balaban J connectivity index is 1.81. The molecule has 1 aliphatic rings. The molecule has 0 amide bonds. The van der Waals surface area contributed by atoms with E-state index in [1.807, 2.05) is 17.8 Å². The third-order valence-electron chi connectivity index (χ3n) is 2.61. The molecule has 6 heteroatoms. The van der Waals surface area contributed by atoms with E-state index >= 15 is 0 Å². The average Bonchev–Trinajstić information content (AvgIpc) is 2.76. The van der Waals surface area contributed by atoms with Gasteiger partial charge in [0.1, 0.15) is 0 Å². The van der Waals surface area contributed by atoms with Gasteiger partial charge in [0.15, 0.2) is 0 Å². The van der Waals surface area contributed by atoms with Crippen LogP contribution in [-0.4, -0.2) is 22.5 Å². The van der Waals surface area contributed by atoms with E-state index in [0.29, 0.717) is 6.04 Å². The summed E-state index contributed by atoms with van der Waals surface area (Å²) < 4.78 is 0. The summed E-state index contributed by atoms with van der Waals surface area (Å²) in [5, 5.41) is 14.2. The summed E-state index contributed by atoms with van der Waals surface area (Å²) in [6.07, 6.45) is 2.41. The van der Waals surface area contributed by atoms with Gasteiger partial charge in [-0.25, -0.2) is 0 Å². The zero-order valence-electron chi connectivity index (χ0n) is 8.85. The van der Waals surface area contributed by atoms with Crippen molar-refractivity contribution >= 4 is 28.1 Å². The van der Waals surface area contributed by atoms with Crippen LogP contribution in [0.5, 0.6) is 0 Å². The van der Waals surface area contributed by atoms with E-state index < -0.39 is 0 Å². The molecule has 1 N–H and O–H groups in total. The van der Waals surface area contributed by atoms with Crippen LogP contribution in [0.1, 0.15) is 17.7 Å². The lowest BCUT2D eigenvalue weighted by Crippen LogP contribution is -2.31. The number of thiophene rings is 1. The first-order chi connectivity index (χ1) is 7.75. The van der Waals surface area contributed by atoms with Gasteiger partial charge in [-0.05, 0) is 30.4 Å². The topological polar surface area (TPSA) is 55.2 Å². The van der Waals surface area contributed by atoms with Gasteiger partial charge in [-0.15, -0.1) is 0 Å². The zero-order chi connectivity index (χ0) is 11.4. The lowest BCUT2D eigenvalue weighted by molar-refractivity contribution is -0.380. The fourth-order valence-electron chi connectivity index (χ4n) is 1.71. The summed E-state index contributed by atoms with van der Waals surface area (Å²) in [5.41, 5.74) is 0. The van der Waals surface area contributed by atoms with Crippen LogP contribution >= 0.6 is 23.1 Å². The van der Waals surface area contributed by atoms with Gasteiger partial charge in [0, 0.05) is 23.5 Å². The predicted octanol–water partition coefficient (Wildman–Crippen LogP) is 2.64. The highest BCUT2D eigenvalue weighted by atomic mass is 32.2. The SMILES string of the molecule is O=[N+]([O-])c1ccc(CNC2CCSCC2)s1. The standard InChI is InChI=1S/C10H14N2O2S2/c13-12(14)10-2-1-9(16-10)7-11-8-3-5-15-6-4-8/h1-2,8,11H,3-7H2. The van der Waals surface area contributed by atoms with Crippen molar-refractivity contribution in [3.8, 4) is 0 Å². The minimum atomic E-state index is -0.328. The Morgan fingerprint density at radius 3 is 2.81 bits per heavy atom. The molecule has 0 bridgehead atoms. The molecule has 1 fully saturated rings. The van der Waals surface area contributed by atoms with Crippen LogP contribution in [0.25, 0.3) is 0 Å². The normalized spacial score (nSPS) is 17.5. The first kappa shape index (κ1) is 11.9. The molecule has 0 atom stereocenters. The van der Waals surface area contributed by atoms with Crippen molar-refractivity contribution in [2.45, 2.75) is 25.4 Å². The highest BCUT2D eigenvalue weighted by Crippen LogP contribution is 2.24. The predicted molar refractivity (Wildman–Crippen MR) is 68.2 cm³/mol. The second kappa shape index (κ2) is 5.65. The van der Waals surface area contributed by atoms with Crippen LogP contribution in [0, 0.1) is 10.1 Å². The van der Waals surface area contributed by atoms with Crippen molar-refractivity contribution in [1.29, 1.82) is 0 Å². The number of hydrogen-bond donors (Lipinski definition) is 1. The van der Waals surface area contributed by atoms with E-state index in [9.17, 15) is 10.1 Å². The summed E-state index contributed by atoms with van der Waals surface area (Å²) in [7, 11) is 0. The Morgan fingerprint density at radius 2 is 2.19 bits per heavy atom. The Bertz CT molecular complexity index is 361. The highest BCUT2D eigenvalue weighted by molar-refractivity contribution is 7.99. The molecule has 2 rings (SSSR count). The van der Waals surface area contributed by atoms with Crippen LogP contribution in [0.3, 0.4) is 0 Å². The number of thioether (sulfide) groups is 1. The number of rotatable bonds is 4. The molecule has 88 valence electrons. The molecule has 0 radical (unpaired) electrons. The van der Waals surface area contributed by atoms with Crippen molar-refractivity contribution in [3.63, 3.8) is 0 Å². The van der Waals surface area contributed by atoms with Gasteiger partial charge in [0.2, 0.25) is 0 Å². The maximum absolute atomic E-state index is 10.5. The van der Waals surface area contributed by atoms with Gasteiger partial charge in [-0.1, -0.05) is 11.3 Å². The molecule has 2 heterocycles. The van der Waals surface area contributed by atoms with E-state index in [1.54, 1.807) is 6.07 Å². The molecule has 1 aromatic rings. The zero-order valence-corrected chi connectivity index (χ0v) is 10.5. The number of nitrogens with one attached hydrogen (secondary N) is 1. The Morgan fingerprint density at radius 1 is 1.44 bits per heavy atom. The lowest BCUT2D eigenvalue weighted by Gasteiger charge is -2.22. The molecule has 0 saturated carbocycles. The molecule has 0 spiro atoms. The van der Waals surface area contributed by atoms with Crippen LogP contribution in [0.15, 0.2) is 12.1 Å². The van der Waals surface area contributed by atoms with Crippen LogP contribution in [0.2, 0.25) is 0 Å². The number of nitro groups is 1. The maximum atomic E-state index is 10.5. The first-order valence-corrected chi connectivity index (χ1v) is 7.27. The summed E-state index contributed by atoms with van der Waals surface area (Å²) in [6.45, 7) is 0.758. The van der Waals surface area contributed by atoms with E-state index in [4.69, 9.17) is 0 Å². The van der Waals surface area contributed by atoms with Gasteiger partial charge in [-0.2, -0.15) is 11.8 Å². The summed E-state index contributed by atoms with van der Waals surface area (Å²) in [5.74, 6) is 2.45. The largest absolute Gasteiger partial charge is 0.324 e. The average molecular weight is 258 g/mol. The molecule has 1 saturated heterocycles.